The molecule has 2 saturated heterocycles. The van der Waals surface area contributed by atoms with Crippen molar-refractivity contribution in [3.05, 3.63) is 54.1 Å². The van der Waals surface area contributed by atoms with Gasteiger partial charge in [-0.2, -0.15) is 4.31 Å². The Kier molecular flexibility index (Phi) is 7.27. The highest BCUT2D eigenvalue weighted by molar-refractivity contribution is 7.89. The van der Waals surface area contributed by atoms with Gasteiger partial charge in [0, 0.05) is 51.9 Å². The Bertz CT molecular complexity index is 1120. The number of benzene rings is 2. The lowest BCUT2D eigenvalue weighted by Crippen LogP contribution is -2.48. The predicted molar refractivity (Wildman–Crippen MR) is 132 cm³/mol. The van der Waals surface area contributed by atoms with E-state index >= 15 is 0 Å². The van der Waals surface area contributed by atoms with Crippen molar-refractivity contribution in [2.24, 2.45) is 0 Å². The summed E-state index contributed by atoms with van der Waals surface area (Å²) in [5, 5.41) is 0. The van der Waals surface area contributed by atoms with Crippen LogP contribution in [0.2, 0.25) is 0 Å². The summed E-state index contributed by atoms with van der Waals surface area (Å²) in [6, 6.07) is 14.9. The summed E-state index contributed by atoms with van der Waals surface area (Å²) in [6.45, 7) is 4.65. The molecule has 9 heteroatoms. The normalized spacial score (nSPS) is 21.9. The van der Waals surface area contributed by atoms with Gasteiger partial charge in [0.2, 0.25) is 16.1 Å². The Morgan fingerprint density at radius 3 is 2.29 bits per heavy atom. The van der Waals surface area contributed by atoms with Crippen LogP contribution in [0.3, 0.4) is 0 Å². The lowest BCUT2D eigenvalue weighted by Gasteiger charge is -2.34. The van der Waals surface area contributed by atoms with Crippen LogP contribution in [0.4, 0.5) is 0 Å². The van der Waals surface area contributed by atoms with Crippen molar-refractivity contribution in [2.45, 2.75) is 43.2 Å². The number of piperazine rings is 1. The molecule has 5 rings (SSSR count). The fourth-order valence-electron chi connectivity index (χ4n) is 4.95. The van der Waals surface area contributed by atoms with Crippen LogP contribution in [-0.4, -0.2) is 80.4 Å². The van der Waals surface area contributed by atoms with Gasteiger partial charge in [0.25, 0.3) is 5.91 Å². The molecular formula is C26H33N3O5S. The molecule has 0 bridgehead atoms. The fourth-order valence-corrected chi connectivity index (χ4v) is 6.38. The summed E-state index contributed by atoms with van der Waals surface area (Å²) in [5.41, 5.74) is 1.23. The second kappa shape index (κ2) is 10.6. The molecule has 2 fully saturated rings. The quantitative estimate of drug-likeness (QED) is 0.630. The zero-order chi connectivity index (χ0) is 24.3. The Labute approximate surface area is 207 Å². The van der Waals surface area contributed by atoms with E-state index in [1.165, 1.54) is 15.9 Å². The third-order valence-corrected chi connectivity index (χ3v) is 8.88. The highest BCUT2D eigenvalue weighted by atomic mass is 32.2. The molecule has 0 radical (unpaired) electrons. The Hall–Kier alpha value is -2.62. The number of amides is 1. The minimum absolute atomic E-state index is 0.0531. The first-order chi connectivity index (χ1) is 17.0. The molecule has 2 aromatic carbocycles. The molecule has 0 aromatic heterocycles. The maximum Gasteiger partial charge on any atom is 0.267 e. The average molecular weight is 500 g/mol. The third kappa shape index (κ3) is 5.47. The van der Waals surface area contributed by atoms with Crippen molar-refractivity contribution in [1.82, 2.24) is 14.1 Å². The highest BCUT2D eigenvalue weighted by Gasteiger charge is 2.34. The molecule has 0 unspecified atom stereocenters. The van der Waals surface area contributed by atoms with E-state index in [-0.39, 0.29) is 17.4 Å². The number of nitrogens with zero attached hydrogens (tertiary/aromatic N) is 3. The third-order valence-electron chi connectivity index (χ3n) is 6.99. The number of rotatable bonds is 5. The smallest absolute Gasteiger partial charge is 0.267 e. The van der Waals surface area contributed by atoms with Crippen LogP contribution in [0, 0.1) is 0 Å². The summed E-state index contributed by atoms with van der Waals surface area (Å²) in [6.07, 6.45) is 3.62. The van der Waals surface area contributed by atoms with Crippen LogP contribution in [0.15, 0.2) is 53.4 Å². The Balaban J connectivity index is 1.21. The molecule has 35 heavy (non-hydrogen) atoms. The first kappa shape index (κ1) is 24.1. The summed E-state index contributed by atoms with van der Waals surface area (Å²) in [4.78, 5) is 17.2. The van der Waals surface area contributed by atoms with Crippen LogP contribution < -0.4 is 9.47 Å². The van der Waals surface area contributed by atoms with Crippen molar-refractivity contribution in [2.75, 3.05) is 45.9 Å². The van der Waals surface area contributed by atoms with Crippen LogP contribution in [0.5, 0.6) is 11.5 Å². The first-order valence-corrected chi connectivity index (χ1v) is 13.9. The van der Waals surface area contributed by atoms with Gasteiger partial charge in [-0.3, -0.25) is 9.69 Å². The Morgan fingerprint density at radius 1 is 0.857 bits per heavy atom. The lowest BCUT2D eigenvalue weighted by molar-refractivity contribution is -0.141. The standard InChI is InChI=1S/C26H33N3O5S/c30-26(28-12-6-1-2-7-13-28)25-20-33-24-18-22(10-11-23(24)34-25)35(31,32)29-16-14-27(15-17-29)19-21-8-4-3-5-9-21/h3-5,8-11,18,25H,1-2,6-7,12-17,19-20H2/t25-/m0/s1. The second-order valence-corrected chi connectivity index (χ2v) is 11.4. The summed E-state index contributed by atoms with van der Waals surface area (Å²) >= 11 is 0. The Morgan fingerprint density at radius 2 is 1.57 bits per heavy atom. The molecule has 3 heterocycles. The number of carbonyl (C=O) groups excluding carboxylic acids is 1. The predicted octanol–water partition coefficient (Wildman–Crippen LogP) is 2.74. The van der Waals surface area contributed by atoms with Gasteiger partial charge in [-0.15, -0.1) is 0 Å². The average Bonchev–Trinajstić information content (AvgIpc) is 3.18. The van der Waals surface area contributed by atoms with Gasteiger partial charge in [-0.05, 0) is 30.5 Å². The monoisotopic (exact) mass is 499 g/mol. The van der Waals surface area contributed by atoms with Crippen molar-refractivity contribution in [3.63, 3.8) is 0 Å². The van der Waals surface area contributed by atoms with Gasteiger partial charge < -0.3 is 14.4 Å². The van der Waals surface area contributed by atoms with Gasteiger partial charge in [-0.25, -0.2) is 8.42 Å². The molecule has 0 N–H and O–H groups in total. The van der Waals surface area contributed by atoms with Crippen LogP contribution in [0.1, 0.15) is 31.2 Å². The van der Waals surface area contributed by atoms with Gasteiger partial charge in [-0.1, -0.05) is 43.2 Å². The summed E-state index contributed by atoms with van der Waals surface area (Å²) < 4.78 is 39.9. The van der Waals surface area contributed by atoms with Crippen molar-refractivity contribution in [3.8, 4) is 11.5 Å². The number of ether oxygens (including phenoxy) is 2. The molecule has 0 aliphatic carbocycles. The summed E-state index contributed by atoms with van der Waals surface area (Å²) in [5.74, 6) is 0.729. The van der Waals surface area contributed by atoms with Crippen molar-refractivity contribution >= 4 is 15.9 Å². The van der Waals surface area contributed by atoms with E-state index in [2.05, 4.69) is 17.0 Å². The van der Waals surface area contributed by atoms with Gasteiger partial charge in [0.05, 0.1) is 4.90 Å². The van der Waals surface area contributed by atoms with E-state index in [1.54, 1.807) is 12.1 Å². The first-order valence-electron chi connectivity index (χ1n) is 12.5. The fraction of sp³-hybridized carbons (Fsp3) is 0.500. The maximum atomic E-state index is 13.3. The van der Waals surface area contributed by atoms with E-state index in [0.717, 1.165) is 45.3 Å². The highest BCUT2D eigenvalue weighted by Crippen LogP contribution is 2.35. The molecule has 3 aliphatic rings. The van der Waals surface area contributed by atoms with Crippen molar-refractivity contribution < 1.29 is 22.7 Å². The molecule has 0 saturated carbocycles. The topological polar surface area (TPSA) is 79.4 Å². The zero-order valence-electron chi connectivity index (χ0n) is 20.0. The minimum atomic E-state index is -3.65. The number of hydrogen-bond donors (Lipinski definition) is 0. The van der Waals surface area contributed by atoms with E-state index in [4.69, 9.17) is 9.47 Å². The molecule has 8 nitrogen and oxygen atoms in total. The van der Waals surface area contributed by atoms with Gasteiger partial charge >= 0.3 is 0 Å². The molecule has 188 valence electrons. The zero-order valence-corrected chi connectivity index (χ0v) is 20.8. The minimum Gasteiger partial charge on any atom is -0.485 e. The van der Waals surface area contributed by atoms with E-state index in [0.29, 0.717) is 37.7 Å². The van der Waals surface area contributed by atoms with Crippen LogP contribution in [0.25, 0.3) is 0 Å². The molecule has 0 spiro atoms. The van der Waals surface area contributed by atoms with Crippen LogP contribution in [-0.2, 0) is 21.4 Å². The number of sulfonamides is 1. The van der Waals surface area contributed by atoms with E-state index in [1.807, 2.05) is 23.1 Å². The molecule has 1 amide bonds. The molecule has 1 atom stereocenters. The molecule has 2 aromatic rings. The molecular weight excluding hydrogens is 466 g/mol. The largest absolute Gasteiger partial charge is 0.485 e. The van der Waals surface area contributed by atoms with E-state index < -0.39 is 16.1 Å². The van der Waals surface area contributed by atoms with E-state index in [9.17, 15) is 13.2 Å². The van der Waals surface area contributed by atoms with Gasteiger partial charge in [0.15, 0.2) is 11.5 Å². The SMILES string of the molecule is O=C([C@@H]1COc2cc(S(=O)(=O)N3CCN(Cc4ccccc4)CC3)ccc2O1)N1CCCCCC1. The number of hydrogen-bond acceptors (Lipinski definition) is 6. The second-order valence-electron chi connectivity index (χ2n) is 9.43. The van der Waals surface area contributed by atoms with Gasteiger partial charge in [0.1, 0.15) is 6.61 Å². The maximum absolute atomic E-state index is 13.3. The summed E-state index contributed by atoms with van der Waals surface area (Å²) in [7, 11) is -3.65. The lowest BCUT2D eigenvalue weighted by atomic mass is 10.2. The number of carbonyl (C=O) groups is 1. The van der Waals surface area contributed by atoms with Crippen molar-refractivity contribution in [1.29, 1.82) is 0 Å². The number of fused-ring (bicyclic) bond motifs is 1. The number of likely N-dealkylation sites (tertiary alicyclic amines) is 1. The van der Waals surface area contributed by atoms with Crippen LogP contribution >= 0.6 is 0 Å². The molecule has 3 aliphatic heterocycles.